The lowest BCUT2D eigenvalue weighted by atomic mass is 9.62. The minimum atomic E-state index is -0.446. The van der Waals surface area contributed by atoms with E-state index in [0.717, 1.165) is 25.0 Å². The molecule has 1 aliphatic rings. The van der Waals surface area contributed by atoms with Gasteiger partial charge in [0.15, 0.2) is 5.76 Å². The topological polar surface area (TPSA) is 68.5 Å². The first-order valence-corrected chi connectivity index (χ1v) is 13.3. The van der Waals surface area contributed by atoms with Crippen molar-refractivity contribution < 1.29 is 18.7 Å². The lowest BCUT2D eigenvalue weighted by molar-refractivity contribution is 0.0501. The van der Waals surface area contributed by atoms with Crippen molar-refractivity contribution in [2.24, 2.45) is 0 Å². The van der Waals surface area contributed by atoms with E-state index in [2.05, 4.69) is 52.1 Å². The highest BCUT2D eigenvalue weighted by Gasteiger charge is 2.37. The van der Waals surface area contributed by atoms with Crippen molar-refractivity contribution in [1.82, 2.24) is 0 Å². The Kier molecular flexibility index (Phi) is 7.63. The number of fused-ring (bicyclic) bond motifs is 1. The number of carbonyl (C=O) groups excluding carboxylic acids is 2. The molecule has 1 amide bonds. The van der Waals surface area contributed by atoms with Crippen molar-refractivity contribution in [2.75, 3.05) is 11.9 Å². The van der Waals surface area contributed by atoms with Crippen LogP contribution in [0.3, 0.4) is 0 Å². The van der Waals surface area contributed by atoms with Gasteiger partial charge in [0.1, 0.15) is 5.76 Å². The number of esters is 1. The van der Waals surface area contributed by atoms with Gasteiger partial charge in [-0.05, 0) is 83.5 Å². The zero-order chi connectivity index (χ0) is 26.8. The largest absolute Gasteiger partial charge is 0.462 e. The van der Waals surface area contributed by atoms with Gasteiger partial charge in [-0.3, -0.25) is 4.79 Å². The summed E-state index contributed by atoms with van der Waals surface area (Å²) in [7, 11) is 0. The van der Waals surface area contributed by atoms with Gasteiger partial charge in [-0.25, -0.2) is 4.79 Å². The van der Waals surface area contributed by atoms with E-state index >= 15 is 0 Å². The van der Waals surface area contributed by atoms with Crippen LogP contribution in [0.5, 0.6) is 0 Å². The van der Waals surface area contributed by atoms with Crippen molar-refractivity contribution in [3.8, 4) is 0 Å². The number of benzene rings is 2. The number of aryl methyl sites for hydroxylation is 1. The van der Waals surface area contributed by atoms with E-state index in [4.69, 9.17) is 9.15 Å². The second kappa shape index (κ2) is 10.6. The van der Waals surface area contributed by atoms with E-state index in [0.29, 0.717) is 24.3 Å². The fraction of sp³-hybridized carbons (Fsp3) is 0.438. The Labute approximate surface area is 220 Å². The average molecular weight is 502 g/mol. The van der Waals surface area contributed by atoms with E-state index in [1.807, 2.05) is 13.0 Å². The zero-order valence-corrected chi connectivity index (χ0v) is 23.0. The van der Waals surface area contributed by atoms with Gasteiger partial charge in [-0.15, -0.1) is 0 Å². The van der Waals surface area contributed by atoms with Gasteiger partial charge in [-0.2, -0.15) is 0 Å². The molecule has 0 unspecified atom stereocenters. The Balaban J connectivity index is 1.51. The monoisotopic (exact) mass is 501 g/mol. The number of carbonyl (C=O) groups is 2. The van der Waals surface area contributed by atoms with Crippen LogP contribution < -0.4 is 5.32 Å². The summed E-state index contributed by atoms with van der Waals surface area (Å²) in [5, 5.41) is 2.81. The van der Waals surface area contributed by atoms with Gasteiger partial charge in [0, 0.05) is 6.42 Å². The molecule has 1 aliphatic carbocycles. The Hall–Kier alpha value is -3.34. The number of amides is 1. The number of furan rings is 1. The summed E-state index contributed by atoms with van der Waals surface area (Å²) in [6.45, 7) is 13.9. The van der Waals surface area contributed by atoms with Gasteiger partial charge in [-0.1, -0.05) is 65.3 Å². The number of unbranched alkanes of at least 4 members (excludes halogenated alkanes) is 1. The Morgan fingerprint density at radius 2 is 1.65 bits per heavy atom. The number of ether oxygens (including phenoxy) is 1. The summed E-state index contributed by atoms with van der Waals surface area (Å²) >= 11 is 0. The molecule has 1 N–H and O–H groups in total. The standard InChI is InChI=1S/C32H39NO4/c1-7-8-17-36-30(35)24-11-9-10-12-27(24)33-29(34)28-14-13-23(37-28)19-22-20-26-25(18-21(22)2)31(3,4)15-16-32(26,5)6/h9-14,18,20H,7-8,15-17,19H2,1-6H3,(H,33,34). The predicted octanol–water partition coefficient (Wildman–Crippen LogP) is 7.74. The first kappa shape index (κ1) is 26.7. The average Bonchev–Trinajstić information content (AvgIpc) is 3.32. The van der Waals surface area contributed by atoms with E-state index in [1.54, 1.807) is 30.3 Å². The van der Waals surface area contributed by atoms with Crippen LogP contribution in [0, 0.1) is 6.92 Å². The predicted molar refractivity (Wildman–Crippen MR) is 148 cm³/mol. The molecule has 4 rings (SSSR count). The van der Waals surface area contributed by atoms with Crippen molar-refractivity contribution in [3.63, 3.8) is 0 Å². The quantitative estimate of drug-likeness (QED) is 0.253. The normalized spacial score (nSPS) is 15.6. The van der Waals surface area contributed by atoms with Gasteiger partial charge < -0.3 is 14.5 Å². The number of rotatable bonds is 8. The summed E-state index contributed by atoms with van der Waals surface area (Å²) in [5.41, 5.74) is 6.34. The number of hydrogen-bond donors (Lipinski definition) is 1. The van der Waals surface area contributed by atoms with Crippen molar-refractivity contribution >= 4 is 17.6 Å². The Morgan fingerprint density at radius 3 is 2.35 bits per heavy atom. The molecule has 0 fully saturated rings. The fourth-order valence-corrected chi connectivity index (χ4v) is 5.08. The molecule has 0 saturated carbocycles. The van der Waals surface area contributed by atoms with Crippen LogP contribution in [0.4, 0.5) is 5.69 Å². The van der Waals surface area contributed by atoms with Crippen LogP contribution in [-0.2, 0) is 22.0 Å². The fourth-order valence-electron chi connectivity index (χ4n) is 5.08. The lowest BCUT2D eigenvalue weighted by Gasteiger charge is -2.42. The number of hydrogen-bond acceptors (Lipinski definition) is 4. The SMILES string of the molecule is CCCCOC(=O)c1ccccc1NC(=O)c1ccc(Cc2cc3c(cc2C)C(C)(C)CCC3(C)C)o1. The molecule has 5 heteroatoms. The minimum Gasteiger partial charge on any atom is -0.462 e. The summed E-state index contributed by atoms with van der Waals surface area (Å²) in [6, 6.07) is 15.1. The van der Waals surface area contributed by atoms with Crippen LogP contribution in [0.15, 0.2) is 52.9 Å². The highest BCUT2D eigenvalue weighted by atomic mass is 16.5. The van der Waals surface area contributed by atoms with Crippen LogP contribution in [0.1, 0.15) is 109 Å². The Morgan fingerprint density at radius 1 is 0.973 bits per heavy atom. The smallest absolute Gasteiger partial charge is 0.340 e. The highest BCUT2D eigenvalue weighted by molar-refractivity contribution is 6.06. The van der Waals surface area contributed by atoms with E-state index in [-0.39, 0.29) is 16.6 Å². The molecule has 1 aromatic heterocycles. The molecule has 0 aliphatic heterocycles. The molecular formula is C32H39NO4. The molecule has 0 spiro atoms. The van der Waals surface area contributed by atoms with Crippen LogP contribution >= 0.6 is 0 Å². The van der Waals surface area contributed by atoms with Gasteiger partial charge in [0.2, 0.25) is 0 Å². The van der Waals surface area contributed by atoms with Crippen LogP contribution in [0.25, 0.3) is 0 Å². The Bertz CT molecular complexity index is 1300. The molecule has 0 saturated heterocycles. The summed E-state index contributed by atoms with van der Waals surface area (Å²) in [6.07, 6.45) is 4.70. The number of para-hydroxylation sites is 1. The number of anilines is 1. The van der Waals surface area contributed by atoms with E-state index in [9.17, 15) is 9.59 Å². The molecule has 0 radical (unpaired) electrons. The molecule has 5 nitrogen and oxygen atoms in total. The summed E-state index contributed by atoms with van der Waals surface area (Å²) < 4.78 is 11.3. The maximum atomic E-state index is 13.0. The first-order valence-electron chi connectivity index (χ1n) is 13.3. The molecule has 0 bridgehead atoms. The molecular weight excluding hydrogens is 462 g/mol. The van der Waals surface area contributed by atoms with E-state index < -0.39 is 11.9 Å². The number of nitrogens with one attached hydrogen (secondary N) is 1. The molecule has 1 heterocycles. The molecule has 37 heavy (non-hydrogen) atoms. The third-order valence-corrected chi connectivity index (χ3v) is 7.69. The molecule has 2 aromatic carbocycles. The highest BCUT2D eigenvalue weighted by Crippen LogP contribution is 2.46. The molecule has 0 atom stereocenters. The van der Waals surface area contributed by atoms with Gasteiger partial charge in [0.25, 0.3) is 5.91 Å². The van der Waals surface area contributed by atoms with Crippen molar-refractivity contribution in [3.05, 3.63) is 87.9 Å². The molecule has 3 aromatic rings. The van der Waals surface area contributed by atoms with Gasteiger partial charge in [0.05, 0.1) is 17.9 Å². The third-order valence-electron chi connectivity index (χ3n) is 7.69. The van der Waals surface area contributed by atoms with Gasteiger partial charge >= 0.3 is 5.97 Å². The molecule has 196 valence electrons. The minimum absolute atomic E-state index is 0.132. The maximum Gasteiger partial charge on any atom is 0.340 e. The van der Waals surface area contributed by atoms with Crippen LogP contribution in [0.2, 0.25) is 0 Å². The summed E-state index contributed by atoms with van der Waals surface area (Å²) in [5.74, 6) is 0.0955. The maximum absolute atomic E-state index is 13.0. The second-order valence-electron chi connectivity index (χ2n) is 11.5. The van der Waals surface area contributed by atoms with E-state index in [1.165, 1.54) is 28.7 Å². The van der Waals surface area contributed by atoms with Crippen molar-refractivity contribution in [1.29, 1.82) is 0 Å². The lowest BCUT2D eigenvalue weighted by Crippen LogP contribution is -2.34. The summed E-state index contributed by atoms with van der Waals surface area (Å²) in [4.78, 5) is 25.5. The first-order chi connectivity index (χ1) is 17.5. The van der Waals surface area contributed by atoms with Crippen LogP contribution in [-0.4, -0.2) is 18.5 Å². The third kappa shape index (κ3) is 5.82. The zero-order valence-electron chi connectivity index (χ0n) is 23.0. The second-order valence-corrected chi connectivity index (χ2v) is 11.5. The van der Waals surface area contributed by atoms with Crippen molar-refractivity contribution in [2.45, 2.75) is 84.5 Å².